The number of hydrogen-bond acceptors (Lipinski definition) is 4. The van der Waals surface area contributed by atoms with Crippen LogP contribution in [0.4, 0.5) is 0 Å². The van der Waals surface area contributed by atoms with Crippen molar-refractivity contribution in [3.63, 3.8) is 0 Å². The lowest BCUT2D eigenvalue weighted by Gasteiger charge is -2.08. The first kappa shape index (κ1) is 16.9. The summed E-state index contributed by atoms with van der Waals surface area (Å²) in [5.41, 5.74) is 0. The van der Waals surface area contributed by atoms with E-state index in [2.05, 4.69) is 18.0 Å². The highest BCUT2D eigenvalue weighted by Gasteiger charge is 2.20. The van der Waals surface area contributed by atoms with Gasteiger partial charge in [-0.25, -0.2) is 8.42 Å². The van der Waals surface area contributed by atoms with Crippen molar-refractivity contribution in [1.82, 2.24) is 0 Å². The van der Waals surface area contributed by atoms with E-state index in [9.17, 15) is 13.0 Å². The van der Waals surface area contributed by atoms with Crippen molar-refractivity contribution < 1.29 is 17.2 Å². The van der Waals surface area contributed by atoms with Gasteiger partial charge < -0.3 is 4.55 Å². The van der Waals surface area contributed by atoms with Crippen LogP contribution in [0.1, 0.15) is 58.8 Å². The topological polar surface area (TPSA) is 66.4 Å². The summed E-state index contributed by atoms with van der Waals surface area (Å²) < 4.78 is 31.0. The maximum atomic E-state index is 9.22. The van der Waals surface area contributed by atoms with Crippen LogP contribution in [0.2, 0.25) is 0 Å². The van der Waals surface area contributed by atoms with Crippen molar-refractivity contribution in [2.24, 2.45) is 11.8 Å². The fourth-order valence-electron chi connectivity index (χ4n) is 1.80. The van der Waals surface area contributed by atoms with Gasteiger partial charge in [-0.15, -0.1) is 0 Å². The molecule has 0 aromatic heterocycles. The molecular formula is C12H25O4S-. The predicted molar refractivity (Wildman–Crippen MR) is 67.4 cm³/mol. The Morgan fingerprint density at radius 2 is 1.88 bits per heavy atom. The molecule has 0 N–H and O–H groups in total. The Labute approximate surface area is 106 Å². The molecule has 1 aliphatic carbocycles. The lowest BCUT2D eigenvalue weighted by Crippen LogP contribution is -1.97. The van der Waals surface area contributed by atoms with E-state index in [0.29, 0.717) is 0 Å². The van der Waals surface area contributed by atoms with Gasteiger partial charge in [0.25, 0.3) is 0 Å². The molecule has 0 radical (unpaired) electrons. The Morgan fingerprint density at radius 1 is 1.35 bits per heavy atom. The van der Waals surface area contributed by atoms with Crippen LogP contribution >= 0.6 is 0 Å². The van der Waals surface area contributed by atoms with Crippen LogP contribution in [0, 0.1) is 11.8 Å². The molecule has 0 saturated heterocycles. The van der Waals surface area contributed by atoms with Crippen molar-refractivity contribution in [3.05, 3.63) is 0 Å². The van der Waals surface area contributed by atoms with Crippen molar-refractivity contribution in [1.29, 1.82) is 0 Å². The van der Waals surface area contributed by atoms with E-state index in [-0.39, 0.29) is 0 Å². The largest absolute Gasteiger partial charge is 0.726 e. The normalized spacial score (nSPS) is 17.2. The summed E-state index contributed by atoms with van der Waals surface area (Å²) in [4.78, 5) is 0. The summed E-state index contributed by atoms with van der Waals surface area (Å²) in [5.74, 6) is 2.13. The molecule has 0 heterocycles. The molecule has 1 rings (SSSR count). The van der Waals surface area contributed by atoms with E-state index in [1.807, 2.05) is 0 Å². The highest BCUT2D eigenvalue weighted by molar-refractivity contribution is 7.80. The summed E-state index contributed by atoms with van der Waals surface area (Å²) in [7, 11) is -3.60. The van der Waals surface area contributed by atoms with Gasteiger partial charge >= 0.3 is 0 Å². The van der Waals surface area contributed by atoms with Gasteiger partial charge in [0.15, 0.2) is 0 Å². The Bertz CT molecular complexity index is 270. The first-order valence-electron chi connectivity index (χ1n) is 6.40. The molecule has 1 atom stereocenters. The van der Waals surface area contributed by atoms with Crippen molar-refractivity contribution in [2.75, 3.05) is 7.11 Å². The molecule has 0 bridgehead atoms. The van der Waals surface area contributed by atoms with E-state index >= 15 is 0 Å². The van der Waals surface area contributed by atoms with Gasteiger partial charge in [-0.3, -0.25) is 4.18 Å². The summed E-state index contributed by atoms with van der Waals surface area (Å²) in [6.45, 7) is 4.69. The smallest absolute Gasteiger partial charge is 0.217 e. The zero-order valence-corrected chi connectivity index (χ0v) is 12.0. The zero-order chi connectivity index (χ0) is 13.3. The van der Waals surface area contributed by atoms with E-state index in [4.69, 9.17) is 0 Å². The number of rotatable bonds is 7. The van der Waals surface area contributed by atoms with Crippen LogP contribution in [0.25, 0.3) is 0 Å². The SMILES string of the molecule is CCCC(C)CCCC1CC1.COS(=O)(=O)[O-]. The molecule has 1 unspecified atom stereocenters. The standard InChI is InChI=1S/C11H22.CH4O4S/c1-3-5-10(2)6-4-7-11-8-9-11;1-5-6(2,3)4/h10-11H,3-9H2,1-2H3;1H3,(H,2,3,4)/p-1. The summed E-state index contributed by atoms with van der Waals surface area (Å²) >= 11 is 0. The van der Waals surface area contributed by atoms with Gasteiger partial charge in [-0.2, -0.15) is 0 Å². The molecule has 5 heteroatoms. The molecular weight excluding hydrogens is 240 g/mol. The minimum absolute atomic E-state index is 0.808. The molecule has 4 nitrogen and oxygen atoms in total. The second-order valence-corrected chi connectivity index (χ2v) is 5.99. The van der Waals surface area contributed by atoms with Gasteiger partial charge in [0.1, 0.15) is 0 Å². The van der Waals surface area contributed by atoms with E-state index in [1.165, 1.54) is 44.9 Å². The lowest BCUT2D eigenvalue weighted by atomic mass is 9.98. The van der Waals surface area contributed by atoms with E-state index in [1.54, 1.807) is 0 Å². The fraction of sp³-hybridized carbons (Fsp3) is 1.00. The predicted octanol–water partition coefficient (Wildman–Crippen LogP) is 3.10. The van der Waals surface area contributed by atoms with Crippen LogP contribution in [0.15, 0.2) is 0 Å². The molecule has 0 amide bonds. The van der Waals surface area contributed by atoms with Gasteiger partial charge in [0.05, 0.1) is 7.11 Å². The van der Waals surface area contributed by atoms with Crippen LogP contribution in [0.5, 0.6) is 0 Å². The highest BCUT2D eigenvalue weighted by Crippen LogP contribution is 2.34. The molecule has 104 valence electrons. The van der Waals surface area contributed by atoms with Gasteiger partial charge in [0.2, 0.25) is 10.4 Å². The van der Waals surface area contributed by atoms with Gasteiger partial charge in [0, 0.05) is 0 Å². The van der Waals surface area contributed by atoms with Gasteiger partial charge in [-0.1, -0.05) is 58.8 Å². The molecule has 1 saturated carbocycles. The Hall–Kier alpha value is -0.130. The molecule has 0 aromatic carbocycles. The number of hydrogen-bond donors (Lipinski definition) is 0. The average Bonchev–Trinajstić information content (AvgIpc) is 3.02. The maximum Gasteiger partial charge on any atom is 0.217 e. The quantitative estimate of drug-likeness (QED) is 0.524. The summed E-state index contributed by atoms with van der Waals surface area (Å²) in [5, 5.41) is 0. The van der Waals surface area contributed by atoms with Crippen LogP contribution in [-0.4, -0.2) is 20.1 Å². The third-order valence-electron chi connectivity index (χ3n) is 2.99. The first-order valence-corrected chi connectivity index (χ1v) is 7.73. The van der Waals surface area contributed by atoms with Crippen molar-refractivity contribution >= 4 is 10.4 Å². The minimum atomic E-state index is -4.41. The molecule has 0 spiro atoms. The molecule has 1 aliphatic rings. The molecule has 0 aromatic rings. The summed E-state index contributed by atoms with van der Waals surface area (Å²) in [6.07, 6.45) is 10.4. The Kier molecular flexibility index (Phi) is 8.82. The van der Waals surface area contributed by atoms with Crippen LogP contribution in [0.3, 0.4) is 0 Å². The highest BCUT2D eigenvalue weighted by atomic mass is 32.3. The second-order valence-electron chi connectivity index (χ2n) is 4.84. The molecule has 0 aliphatic heterocycles. The molecule has 1 fully saturated rings. The zero-order valence-electron chi connectivity index (χ0n) is 11.1. The van der Waals surface area contributed by atoms with Crippen LogP contribution in [-0.2, 0) is 14.6 Å². The lowest BCUT2D eigenvalue weighted by molar-refractivity contribution is 0.314. The average molecular weight is 265 g/mol. The van der Waals surface area contributed by atoms with Crippen LogP contribution < -0.4 is 0 Å². The first-order chi connectivity index (χ1) is 7.89. The fourth-order valence-corrected chi connectivity index (χ4v) is 1.80. The Morgan fingerprint density at radius 3 is 2.24 bits per heavy atom. The van der Waals surface area contributed by atoms with Gasteiger partial charge in [-0.05, 0) is 11.8 Å². The second kappa shape index (κ2) is 8.89. The van der Waals surface area contributed by atoms with E-state index in [0.717, 1.165) is 18.9 Å². The summed E-state index contributed by atoms with van der Waals surface area (Å²) in [6, 6.07) is 0. The van der Waals surface area contributed by atoms with Crippen molar-refractivity contribution in [3.8, 4) is 0 Å². The van der Waals surface area contributed by atoms with E-state index < -0.39 is 10.4 Å². The third-order valence-corrected chi connectivity index (χ3v) is 3.40. The monoisotopic (exact) mass is 265 g/mol. The maximum absolute atomic E-state index is 9.22. The Balaban J connectivity index is 0.000000366. The molecule has 17 heavy (non-hydrogen) atoms. The minimum Gasteiger partial charge on any atom is -0.726 e. The third kappa shape index (κ3) is 13.8. The van der Waals surface area contributed by atoms with Crippen molar-refractivity contribution in [2.45, 2.75) is 58.8 Å².